The van der Waals surface area contributed by atoms with Crippen LogP contribution in [-0.4, -0.2) is 55.1 Å². The average Bonchev–Trinajstić information content (AvgIpc) is 2.89. The molecule has 0 saturated carbocycles. The van der Waals surface area contributed by atoms with Crippen molar-refractivity contribution >= 4 is 0 Å². The minimum Gasteiger partial charge on any atom is -0.314 e. The SMILES string of the molecule is CCC1CNCCN1C(CN1CCCCCC1)c1ccc(C)cc1. The molecule has 0 aliphatic carbocycles. The largest absolute Gasteiger partial charge is 0.314 e. The number of hydrogen-bond acceptors (Lipinski definition) is 3. The van der Waals surface area contributed by atoms with E-state index in [-0.39, 0.29) is 0 Å². The summed E-state index contributed by atoms with van der Waals surface area (Å²) < 4.78 is 0. The van der Waals surface area contributed by atoms with E-state index in [9.17, 15) is 0 Å². The fourth-order valence-corrected chi connectivity index (χ4v) is 4.32. The van der Waals surface area contributed by atoms with Crippen LogP contribution >= 0.6 is 0 Å². The van der Waals surface area contributed by atoms with Crippen LogP contribution in [0.4, 0.5) is 0 Å². The molecule has 2 atom stereocenters. The van der Waals surface area contributed by atoms with Gasteiger partial charge in [-0.05, 0) is 44.8 Å². The number of aryl methyl sites for hydroxylation is 1. The molecule has 2 unspecified atom stereocenters. The normalized spacial score (nSPS) is 25.3. The Morgan fingerprint density at radius 2 is 1.75 bits per heavy atom. The van der Waals surface area contributed by atoms with Crippen LogP contribution in [0.15, 0.2) is 24.3 Å². The first-order chi connectivity index (χ1) is 11.8. The molecule has 2 aliphatic rings. The highest BCUT2D eigenvalue weighted by molar-refractivity contribution is 5.25. The van der Waals surface area contributed by atoms with Crippen LogP contribution in [0.25, 0.3) is 0 Å². The third-order valence-electron chi connectivity index (χ3n) is 5.86. The van der Waals surface area contributed by atoms with E-state index >= 15 is 0 Å². The molecule has 1 aromatic rings. The molecule has 0 amide bonds. The quantitative estimate of drug-likeness (QED) is 0.890. The molecule has 3 nitrogen and oxygen atoms in total. The average molecular weight is 330 g/mol. The van der Waals surface area contributed by atoms with Crippen LogP contribution in [0.5, 0.6) is 0 Å². The molecular weight excluding hydrogens is 294 g/mol. The minimum absolute atomic E-state index is 0.538. The molecule has 2 aliphatic heterocycles. The predicted octanol–water partition coefficient (Wildman–Crippen LogP) is 3.60. The lowest BCUT2D eigenvalue weighted by Crippen LogP contribution is -2.54. The summed E-state index contributed by atoms with van der Waals surface area (Å²) in [4.78, 5) is 5.51. The zero-order valence-electron chi connectivity index (χ0n) is 15.6. The maximum Gasteiger partial charge on any atom is 0.0479 e. The fraction of sp³-hybridized carbons (Fsp3) is 0.714. The third kappa shape index (κ3) is 4.59. The van der Waals surface area contributed by atoms with Crippen LogP contribution in [0.2, 0.25) is 0 Å². The molecule has 2 fully saturated rings. The maximum atomic E-state index is 3.59. The lowest BCUT2D eigenvalue weighted by Gasteiger charge is -2.43. The molecule has 0 aromatic heterocycles. The predicted molar refractivity (Wildman–Crippen MR) is 102 cm³/mol. The van der Waals surface area contributed by atoms with Gasteiger partial charge in [-0.2, -0.15) is 0 Å². The number of piperazine rings is 1. The van der Waals surface area contributed by atoms with Gasteiger partial charge in [0.2, 0.25) is 0 Å². The second-order valence-corrected chi connectivity index (χ2v) is 7.65. The topological polar surface area (TPSA) is 18.5 Å². The van der Waals surface area contributed by atoms with E-state index in [0.717, 1.165) is 13.1 Å². The number of nitrogens with zero attached hydrogens (tertiary/aromatic N) is 2. The molecule has 3 rings (SSSR count). The zero-order chi connectivity index (χ0) is 16.8. The molecular formula is C21H35N3. The Morgan fingerprint density at radius 1 is 1.04 bits per heavy atom. The molecule has 1 aromatic carbocycles. The molecule has 2 saturated heterocycles. The highest BCUT2D eigenvalue weighted by Crippen LogP contribution is 2.27. The first kappa shape index (κ1) is 17.9. The summed E-state index contributed by atoms with van der Waals surface area (Å²) in [7, 11) is 0. The molecule has 3 heteroatoms. The van der Waals surface area contributed by atoms with Crippen molar-refractivity contribution in [3.8, 4) is 0 Å². The minimum atomic E-state index is 0.538. The number of hydrogen-bond donors (Lipinski definition) is 1. The molecule has 1 N–H and O–H groups in total. The zero-order valence-corrected chi connectivity index (χ0v) is 15.6. The molecule has 0 spiro atoms. The first-order valence-electron chi connectivity index (χ1n) is 10.0. The molecule has 134 valence electrons. The Kier molecular flexibility index (Phi) is 6.70. The van der Waals surface area contributed by atoms with Gasteiger partial charge in [-0.15, -0.1) is 0 Å². The van der Waals surface area contributed by atoms with Gasteiger partial charge < -0.3 is 10.2 Å². The summed E-state index contributed by atoms with van der Waals surface area (Å²) in [5.41, 5.74) is 2.87. The Labute approximate surface area is 148 Å². The van der Waals surface area contributed by atoms with Crippen LogP contribution in [0, 0.1) is 6.92 Å². The van der Waals surface area contributed by atoms with E-state index in [0.29, 0.717) is 12.1 Å². The summed E-state index contributed by atoms with van der Waals surface area (Å²) >= 11 is 0. The standard InChI is InChI=1S/C21H35N3/c1-3-20-16-22-12-15-24(20)21(19-10-8-18(2)9-11-19)17-23-13-6-4-5-7-14-23/h8-11,20-22H,3-7,12-17H2,1-2H3. The van der Waals surface area contributed by atoms with Crippen molar-refractivity contribution in [2.24, 2.45) is 0 Å². The van der Waals surface area contributed by atoms with Gasteiger partial charge in [0.1, 0.15) is 0 Å². The van der Waals surface area contributed by atoms with Crippen molar-refractivity contribution in [2.75, 3.05) is 39.3 Å². The Hall–Kier alpha value is -0.900. The Balaban J connectivity index is 1.80. The highest BCUT2D eigenvalue weighted by Gasteiger charge is 2.30. The number of benzene rings is 1. The van der Waals surface area contributed by atoms with Gasteiger partial charge in [-0.3, -0.25) is 4.90 Å². The molecule has 2 heterocycles. The van der Waals surface area contributed by atoms with Gasteiger partial charge in [0, 0.05) is 38.3 Å². The summed E-state index contributed by atoms with van der Waals surface area (Å²) in [6.07, 6.45) is 6.81. The maximum absolute atomic E-state index is 3.59. The summed E-state index contributed by atoms with van der Waals surface area (Å²) in [6, 6.07) is 10.5. The van der Waals surface area contributed by atoms with Crippen molar-refractivity contribution in [1.82, 2.24) is 15.1 Å². The van der Waals surface area contributed by atoms with Gasteiger partial charge in [0.25, 0.3) is 0 Å². The Bertz CT molecular complexity index is 476. The fourth-order valence-electron chi connectivity index (χ4n) is 4.32. The van der Waals surface area contributed by atoms with Crippen LogP contribution in [0.1, 0.15) is 56.2 Å². The van der Waals surface area contributed by atoms with E-state index in [2.05, 4.69) is 53.2 Å². The summed E-state index contributed by atoms with van der Waals surface area (Å²) in [6.45, 7) is 11.7. The monoisotopic (exact) mass is 329 g/mol. The van der Waals surface area contributed by atoms with Gasteiger partial charge >= 0.3 is 0 Å². The van der Waals surface area contributed by atoms with E-state index in [4.69, 9.17) is 0 Å². The van der Waals surface area contributed by atoms with Gasteiger partial charge in [-0.25, -0.2) is 0 Å². The van der Waals surface area contributed by atoms with Crippen molar-refractivity contribution in [3.63, 3.8) is 0 Å². The second-order valence-electron chi connectivity index (χ2n) is 7.65. The van der Waals surface area contributed by atoms with E-state index in [1.165, 1.54) is 69.4 Å². The Morgan fingerprint density at radius 3 is 2.42 bits per heavy atom. The highest BCUT2D eigenvalue weighted by atomic mass is 15.3. The van der Waals surface area contributed by atoms with E-state index in [1.807, 2.05) is 0 Å². The van der Waals surface area contributed by atoms with Crippen LogP contribution < -0.4 is 5.32 Å². The molecule has 0 bridgehead atoms. The number of rotatable bonds is 5. The summed E-state index contributed by atoms with van der Waals surface area (Å²) in [5, 5.41) is 3.59. The van der Waals surface area contributed by atoms with Gasteiger partial charge in [0.15, 0.2) is 0 Å². The first-order valence-corrected chi connectivity index (χ1v) is 10.0. The lowest BCUT2D eigenvalue weighted by atomic mass is 9.99. The van der Waals surface area contributed by atoms with Crippen LogP contribution in [0.3, 0.4) is 0 Å². The third-order valence-corrected chi connectivity index (χ3v) is 5.86. The molecule has 24 heavy (non-hydrogen) atoms. The summed E-state index contributed by atoms with van der Waals surface area (Å²) in [5.74, 6) is 0. The number of likely N-dealkylation sites (tertiary alicyclic amines) is 1. The van der Waals surface area contributed by atoms with Crippen molar-refractivity contribution in [3.05, 3.63) is 35.4 Å². The smallest absolute Gasteiger partial charge is 0.0479 e. The second kappa shape index (κ2) is 8.98. The van der Waals surface area contributed by atoms with E-state index < -0.39 is 0 Å². The van der Waals surface area contributed by atoms with E-state index in [1.54, 1.807) is 0 Å². The van der Waals surface area contributed by atoms with Crippen LogP contribution in [-0.2, 0) is 0 Å². The lowest BCUT2D eigenvalue weighted by molar-refractivity contribution is 0.0749. The number of nitrogens with one attached hydrogen (secondary N) is 1. The van der Waals surface area contributed by atoms with Crippen molar-refractivity contribution < 1.29 is 0 Å². The van der Waals surface area contributed by atoms with Crippen molar-refractivity contribution in [2.45, 2.75) is 58.0 Å². The molecule has 0 radical (unpaired) electrons. The van der Waals surface area contributed by atoms with Gasteiger partial charge in [-0.1, -0.05) is 49.6 Å². The van der Waals surface area contributed by atoms with Gasteiger partial charge in [0.05, 0.1) is 0 Å². The van der Waals surface area contributed by atoms with Crippen molar-refractivity contribution in [1.29, 1.82) is 0 Å².